The smallest absolute Gasteiger partial charge is 0.0459 e. The van der Waals surface area contributed by atoms with Gasteiger partial charge in [-0.3, -0.25) is 0 Å². The van der Waals surface area contributed by atoms with Crippen LogP contribution < -0.4 is 0 Å². The topological polar surface area (TPSA) is 20.2 Å². The third-order valence-electron chi connectivity index (χ3n) is 2.93. The van der Waals surface area contributed by atoms with Crippen molar-refractivity contribution in [3.05, 3.63) is 0 Å². The standard InChI is InChI=1S/C5H9I.C5H10O/c2*6-4-5-2-1-3-5/h5H,1-4H2;5-6H,1-4H2. The minimum Gasteiger partial charge on any atom is -0.396 e. The van der Waals surface area contributed by atoms with E-state index in [0.717, 1.165) is 5.92 Å². The molecule has 2 aliphatic rings. The van der Waals surface area contributed by atoms with Gasteiger partial charge in [0.1, 0.15) is 0 Å². The number of rotatable bonds is 2. The highest BCUT2D eigenvalue weighted by Gasteiger charge is 2.15. The molecule has 0 amide bonds. The van der Waals surface area contributed by atoms with Crippen LogP contribution in [0.15, 0.2) is 0 Å². The predicted molar refractivity (Wildman–Crippen MR) is 60.7 cm³/mol. The molecule has 1 nitrogen and oxygen atoms in total. The Balaban J connectivity index is 0.000000120. The highest BCUT2D eigenvalue weighted by molar-refractivity contribution is 14.1. The zero-order chi connectivity index (χ0) is 8.81. The van der Waals surface area contributed by atoms with Gasteiger partial charge >= 0.3 is 0 Å². The highest BCUT2D eigenvalue weighted by Crippen LogP contribution is 2.27. The van der Waals surface area contributed by atoms with Crippen molar-refractivity contribution in [3.63, 3.8) is 0 Å². The second-order valence-electron chi connectivity index (χ2n) is 3.93. The van der Waals surface area contributed by atoms with Crippen molar-refractivity contribution in [3.8, 4) is 0 Å². The lowest BCUT2D eigenvalue weighted by Gasteiger charge is -2.21. The highest BCUT2D eigenvalue weighted by atomic mass is 127. The van der Waals surface area contributed by atoms with E-state index in [0.29, 0.717) is 12.5 Å². The van der Waals surface area contributed by atoms with Crippen molar-refractivity contribution in [2.75, 3.05) is 11.0 Å². The van der Waals surface area contributed by atoms with Crippen molar-refractivity contribution < 1.29 is 5.11 Å². The van der Waals surface area contributed by atoms with Crippen LogP contribution in [0.5, 0.6) is 0 Å². The van der Waals surface area contributed by atoms with Gasteiger partial charge in [-0.05, 0) is 37.5 Å². The van der Waals surface area contributed by atoms with E-state index < -0.39 is 0 Å². The fourth-order valence-corrected chi connectivity index (χ4v) is 2.20. The third-order valence-corrected chi connectivity index (χ3v) is 4.17. The zero-order valence-corrected chi connectivity index (χ0v) is 9.79. The van der Waals surface area contributed by atoms with Crippen LogP contribution in [0, 0.1) is 11.8 Å². The van der Waals surface area contributed by atoms with Gasteiger partial charge in [0, 0.05) is 11.0 Å². The number of hydrogen-bond acceptors (Lipinski definition) is 1. The first-order chi connectivity index (χ1) is 5.86. The number of alkyl halides is 1. The molecule has 2 aliphatic carbocycles. The van der Waals surface area contributed by atoms with Crippen molar-refractivity contribution >= 4 is 22.6 Å². The van der Waals surface area contributed by atoms with E-state index in [4.69, 9.17) is 5.11 Å². The summed E-state index contributed by atoms with van der Waals surface area (Å²) in [5.41, 5.74) is 0. The summed E-state index contributed by atoms with van der Waals surface area (Å²) in [4.78, 5) is 0. The normalized spacial score (nSPS) is 23.5. The lowest BCUT2D eigenvalue weighted by atomic mass is 9.86. The molecule has 2 heteroatoms. The van der Waals surface area contributed by atoms with Crippen LogP contribution in [0.1, 0.15) is 38.5 Å². The SMILES string of the molecule is ICC1CCC1.OCC1CCC1. The summed E-state index contributed by atoms with van der Waals surface area (Å²) in [6.07, 6.45) is 8.36. The molecule has 2 saturated carbocycles. The van der Waals surface area contributed by atoms with E-state index >= 15 is 0 Å². The molecule has 0 radical (unpaired) electrons. The monoisotopic (exact) mass is 282 g/mol. The molecule has 0 aliphatic heterocycles. The minimum atomic E-state index is 0.417. The van der Waals surface area contributed by atoms with Gasteiger partial charge in [0.25, 0.3) is 0 Å². The largest absolute Gasteiger partial charge is 0.396 e. The van der Waals surface area contributed by atoms with E-state index in [2.05, 4.69) is 22.6 Å². The maximum atomic E-state index is 8.39. The minimum absolute atomic E-state index is 0.417. The maximum absolute atomic E-state index is 8.39. The third kappa shape index (κ3) is 3.60. The van der Waals surface area contributed by atoms with Crippen molar-refractivity contribution in [2.45, 2.75) is 38.5 Å². The van der Waals surface area contributed by atoms with Gasteiger partial charge in [0.05, 0.1) is 0 Å². The Labute approximate surface area is 89.1 Å². The summed E-state index contributed by atoms with van der Waals surface area (Å²) in [5.74, 6) is 1.77. The van der Waals surface area contributed by atoms with Gasteiger partial charge < -0.3 is 5.11 Å². The quantitative estimate of drug-likeness (QED) is 0.610. The van der Waals surface area contributed by atoms with E-state index in [1.165, 1.54) is 43.0 Å². The molecule has 72 valence electrons. The Morgan fingerprint density at radius 2 is 1.50 bits per heavy atom. The van der Waals surface area contributed by atoms with Gasteiger partial charge in [-0.15, -0.1) is 0 Å². The molecular weight excluding hydrogens is 263 g/mol. The molecule has 1 N–H and O–H groups in total. The van der Waals surface area contributed by atoms with E-state index in [-0.39, 0.29) is 0 Å². The summed E-state index contributed by atoms with van der Waals surface area (Å²) < 4.78 is 1.39. The summed E-state index contributed by atoms with van der Waals surface area (Å²) >= 11 is 2.46. The lowest BCUT2D eigenvalue weighted by Crippen LogP contribution is -2.14. The molecule has 2 rings (SSSR count). The van der Waals surface area contributed by atoms with Crippen LogP contribution in [-0.4, -0.2) is 16.1 Å². The van der Waals surface area contributed by atoms with Crippen LogP contribution >= 0.6 is 22.6 Å². The molecule has 12 heavy (non-hydrogen) atoms. The molecular formula is C10H19IO. The molecule has 0 saturated heterocycles. The van der Waals surface area contributed by atoms with Gasteiger partial charge in [-0.1, -0.05) is 35.4 Å². The predicted octanol–water partition coefficient (Wildman–Crippen LogP) is 3.00. The Bertz CT molecular complexity index is 88.9. The molecule has 0 aromatic heterocycles. The number of aliphatic hydroxyl groups is 1. The maximum Gasteiger partial charge on any atom is 0.0459 e. The van der Waals surface area contributed by atoms with Crippen LogP contribution in [0.2, 0.25) is 0 Å². The average molecular weight is 282 g/mol. The fourth-order valence-electron chi connectivity index (χ4n) is 1.32. The Morgan fingerprint density at radius 1 is 1.00 bits per heavy atom. The van der Waals surface area contributed by atoms with E-state index in [1.54, 1.807) is 0 Å². The molecule has 0 heterocycles. The second kappa shape index (κ2) is 6.19. The molecule has 0 aromatic rings. The molecule has 0 unspecified atom stereocenters. The summed E-state index contributed by atoms with van der Waals surface area (Å²) in [6, 6.07) is 0. The number of aliphatic hydroxyl groups excluding tert-OH is 1. The van der Waals surface area contributed by atoms with Crippen molar-refractivity contribution in [2.24, 2.45) is 11.8 Å². The molecule has 0 bridgehead atoms. The first-order valence-corrected chi connectivity index (χ1v) is 6.56. The molecule has 2 fully saturated rings. The average Bonchev–Trinajstić information content (AvgIpc) is 1.83. The second-order valence-corrected chi connectivity index (χ2v) is 4.81. The number of hydrogen-bond donors (Lipinski definition) is 1. The molecule has 0 aromatic carbocycles. The molecule has 0 spiro atoms. The van der Waals surface area contributed by atoms with E-state index in [1.807, 2.05) is 0 Å². The van der Waals surface area contributed by atoms with Crippen LogP contribution in [0.3, 0.4) is 0 Å². The zero-order valence-electron chi connectivity index (χ0n) is 7.64. The fraction of sp³-hybridized carbons (Fsp3) is 1.00. The van der Waals surface area contributed by atoms with Crippen LogP contribution in [0.4, 0.5) is 0 Å². The van der Waals surface area contributed by atoms with Crippen molar-refractivity contribution in [1.82, 2.24) is 0 Å². The van der Waals surface area contributed by atoms with E-state index in [9.17, 15) is 0 Å². The lowest BCUT2D eigenvalue weighted by molar-refractivity contribution is 0.163. The van der Waals surface area contributed by atoms with Crippen molar-refractivity contribution in [1.29, 1.82) is 0 Å². The molecule has 0 atom stereocenters. The first kappa shape index (κ1) is 10.8. The number of halogens is 1. The first-order valence-electron chi connectivity index (χ1n) is 5.03. The Kier molecular flexibility index (Phi) is 5.56. The summed E-state index contributed by atoms with van der Waals surface area (Å²) in [7, 11) is 0. The summed E-state index contributed by atoms with van der Waals surface area (Å²) in [6.45, 7) is 0.417. The summed E-state index contributed by atoms with van der Waals surface area (Å²) in [5, 5.41) is 8.39. The van der Waals surface area contributed by atoms with Crippen LogP contribution in [0.25, 0.3) is 0 Å². The van der Waals surface area contributed by atoms with Gasteiger partial charge in [-0.25, -0.2) is 0 Å². The van der Waals surface area contributed by atoms with Gasteiger partial charge in [-0.2, -0.15) is 0 Å². The van der Waals surface area contributed by atoms with Gasteiger partial charge in [0.2, 0.25) is 0 Å². The Morgan fingerprint density at radius 3 is 1.50 bits per heavy atom. The van der Waals surface area contributed by atoms with Gasteiger partial charge in [0.15, 0.2) is 0 Å². The Hall–Kier alpha value is 0.690. The van der Waals surface area contributed by atoms with Crippen LogP contribution in [-0.2, 0) is 0 Å².